The summed E-state index contributed by atoms with van der Waals surface area (Å²) < 4.78 is 0. The van der Waals surface area contributed by atoms with Gasteiger partial charge in [0.1, 0.15) is 5.84 Å². The Labute approximate surface area is 55.0 Å². The van der Waals surface area contributed by atoms with Crippen molar-refractivity contribution >= 4 is 5.84 Å². The van der Waals surface area contributed by atoms with Gasteiger partial charge in [0.2, 0.25) is 0 Å². The molecule has 0 aromatic carbocycles. The Hall–Kier alpha value is -1.25. The summed E-state index contributed by atoms with van der Waals surface area (Å²) in [5.41, 5.74) is 5.71. The van der Waals surface area contributed by atoms with E-state index < -0.39 is 0 Å². The van der Waals surface area contributed by atoms with Gasteiger partial charge in [-0.05, 0) is 6.20 Å². The maximum Gasteiger partial charge on any atom is 0.147 e. The number of rotatable bonds is 2. The molecule has 0 unspecified atom stereocenters. The van der Waals surface area contributed by atoms with E-state index in [2.05, 4.69) is 23.5 Å². The first kappa shape index (κ1) is 7.75. The molecule has 0 aromatic heterocycles. The zero-order chi connectivity index (χ0) is 7.28. The number of nitrogens with two attached hydrogens (primary N) is 1. The van der Waals surface area contributed by atoms with E-state index in [4.69, 9.17) is 5.73 Å². The number of nitrogens with one attached hydrogen (secondary N) is 1. The first-order valence-electron chi connectivity index (χ1n) is 2.51. The van der Waals surface area contributed by atoms with Gasteiger partial charge in [-0.3, -0.25) is 4.99 Å². The lowest BCUT2D eigenvalue weighted by Gasteiger charge is -2.01. The zero-order valence-electron chi connectivity index (χ0n) is 5.52. The fourth-order valence-corrected chi connectivity index (χ4v) is 0.398. The zero-order valence-corrected chi connectivity index (χ0v) is 5.52. The van der Waals surface area contributed by atoms with Crippen molar-refractivity contribution in [3.8, 4) is 0 Å². The molecule has 0 aromatic rings. The Balaban J connectivity index is 4.00. The molecule has 0 saturated heterocycles. The lowest BCUT2D eigenvalue weighted by atomic mass is 10.4. The predicted octanol–water partition coefficient (Wildman–Crippen LogP) is 0.220. The van der Waals surface area contributed by atoms with Gasteiger partial charge in [0.15, 0.2) is 0 Å². The minimum atomic E-state index is 0.414. The quantitative estimate of drug-likeness (QED) is 0.409. The summed E-state index contributed by atoms with van der Waals surface area (Å²) in [6, 6.07) is 0. The molecule has 0 radical (unpaired) electrons. The van der Waals surface area contributed by atoms with Gasteiger partial charge >= 0.3 is 0 Å². The third-order valence-electron chi connectivity index (χ3n) is 0.767. The SMILES string of the molecule is C=CNC(=NC)C(=C)N. The van der Waals surface area contributed by atoms with Gasteiger partial charge in [-0.2, -0.15) is 0 Å². The van der Waals surface area contributed by atoms with Gasteiger partial charge in [0.25, 0.3) is 0 Å². The molecule has 0 fully saturated rings. The molecule has 0 saturated carbocycles. The van der Waals surface area contributed by atoms with Crippen LogP contribution in [0, 0.1) is 0 Å². The Morgan fingerprint density at radius 1 is 1.78 bits per heavy atom. The van der Waals surface area contributed by atoms with Crippen LogP contribution in [0.2, 0.25) is 0 Å². The highest BCUT2D eigenvalue weighted by Gasteiger charge is 1.92. The standard InChI is InChI=1S/C6H11N3/c1-4-9-6(8-3)5(2)7/h4H,1-2,7H2,3H3,(H,8,9). The van der Waals surface area contributed by atoms with E-state index in [9.17, 15) is 0 Å². The molecule has 0 aliphatic rings. The fourth-order valence-electron chi connectivity index (χ4n) is 0.398. The van der Waals surface area contributed by atoms with Crippen LogP contribution < -0.4 is 11.1 Å². The van der Waals surface area contributed by atoms with Crippen LogP contribution in [0.25, 0.3) is 0 Å². The van der Waals surface area contributed by atoms with Crippen molar-refractivity contribution in [2.75, 3.05) is 7.05 Å². The predicted molar refractivity (Wildman–Crippen MR) is 40.0 cm³/mol. The van der Waals surface area contributed by atoms with Gasteiger partial charge in [-0.1, -0.05) is 13.2 Å². The molecule has 0 spiro atoms. The van der Waals surface area contributed by atoms with Crippen LogP contribution >= 0.6 is 0 Å². The minimum Gasteiger partial charge on any atom is -0.396 e. The Kier molecular flexibility index (Phi) is 3.20. The molecule has 0 rings (SSSR count). The molecule has 0 heterocycles. The van der Waals surface area contributed by atoms with Crippen LogP contribution in [0.1, 0.15) is 0 Å². The summed E-state index contributed by atoms with van der Waals surface area (Å²) in [4.78, 5) is 3.79. The van der Waals surface area contributed by atoms with Gasteiger partial charge in [0, 0.05) is 7.05 Å². The van der Waals surface area contributed by atoms with Crippen molar-refractivity contribution in [1.29, 1.82) is 0 Å². The Morgan fingerprint density at radius 2 is 2.33 bits per heavy atom. The van der Waals surface area contributed by atoms with Gasteiger partial charge < -0.3 is 11.1 Å². The van der Waals surface area contributed by atoms with Crippen LogP contribution in [0.3, 0.4) is 0 Å². The van der Waals surface area contributed by atoms with Crippen LogP contribution in [0.5, 0.6) is 0 Å². The number of aliphatic imine (C=N–C) groups is 1. The monoisotopic (exact) mass is 125 g/mol. The van der Waals surface area contributed by atoms with E-state index in [0.29, 0.717) is 11.5 Å². The van der Waals surface area contributed by atoms with Crippen LogP contribution in [0.4, 0.5) is 0 Å². The molecule has 3 N–H and O–H groups in total. The highest BCUT2D eigenvalue weighted by molar-refractivity contribution is 5.97. The second-order valence-corrected chi connectivity index (χ2v) is 1.45. The van der Waals surface area contributed by atoms with Crippen molar-refractivity contribution in [2.45, 2.75) is 0 Å². The lowest BCUT2D eigenvalue weighted by Crippen LogP contribution is -2.23. The normalized spacial score (nSPS) is 10.6. The van der Waals surface area contributed by atoms with E-state index in [0.717, 1.165) is 0 Å². The Morgan fingerprint density at radius 3 is 2.44 bits per heavy atom. The first-order valence-corrected chi connectivity index (χ1v) is 2.51. The van der Waals surface area contributed by atoms with Crippen molar-refractivity contribution in [2.24, 2.45) is 10.7 Å². The highest BCUT2D eigenvalue weighted by atomic mass is 15.0. The molecular weight excluding hydrogens is 114 g/mol. The average Bonchev–Trinajstić information content (AvgIpc) is 1.82. The van der Waals surface area contributed by atoms with E-state index in [-0.39, 0.29) is 0 Å². The molecule has 0 atom stereocenters. The van der Waals surface area contributed by atoms with Crippen molar-refractivity contribution < 1.29 is 0 Å². The molecule has 9 heavy (non-hydrogen) atoms. The van der Waals surface area contributed by atoms with E-state index in [1.807, 2.05) is 0 Å². The summed E-state index contributed by atoms with van der Waals surface area (Å²) in [5.74, 6) is 0.560. The van der Waals surface area contributed by atoms with Crippen LogP contribution in [0.15, 0.2) is 30.0 Å². The molecular formula is C6H11N3. The highest BCUT2D eigenvalue weighted by Crippen LogP contribution is 1.79. The van der Waals surface area contributed by atoms with Gasteiger partial charge in [-0.25, -0.2) is 0 Å². The molecule has 3 nitrogen and oxygen atoms in total. The fraction of sp³-hybridized carbons (Fsp3) is 0.167. The van der Waals surface area contributed by atoms with Crippen LogP contribution in [-0.2, 0) is 0 Å². The molecule has 0 bridgehead atoms. The van der Waals surface area contributed by atoms with Gasteiger partial charge in [-0.15, -0.1) is 0 Å². The second kappa shape index (κ2) is 3.72. The van der Waals surface area contributed by atoms with Crippen molar-refractivity contribution in [3.63, 3.8) is 0 Å². The van der Waals surface area contributed by atoms with E-state index in [1.165, 1.54) is 6.20 Å². The van der Waals surface area contributed by atoms with Gasteiger partial charge in [0.05, 0.1) is 5.70 Å². The summed E-state index contributed by atoms with van der Waals surface area (Å²) >= 11 is 0. The topological polar surface area (TPSA) is 50.4 Å². The molecule has 0 aliphatic carbocycles. The largest absolute Gasteiger partial charge is 0.396 e. The summed E-state index contributed by atoms with van der Waals surface area (Å²) in [7, 11) is 1.63. The second-order valence-electron chi connectivity index (χ2n) is 1.45. The van der Waals surface area contributed by atoms with Crippen molar-refractivity contribution in [1.82, 2.24) is 5.32 Å². The number of hydrogen-bond acceptors (Lipinski definition) is 2. The Bertz CT molecular complexity index is 146. The molecule has 0 aliphatic heterocycles. The molecule has 0 amide bonds. The minimum absolute atomic E-state index is 0.414. The molecule has 3 heteroatoms. The van der Waals surface area contributed by atoms with Crippen molar-refractivity contribution in [3.05, 3.63) is 25.1 Å². The maximum absolute atomic E-state index is 5.30. The summed E-state index contributed by atoms with van der Waals surface area (Å²) in [5, 5.41) is 2.72. The average molecular weight is 125 g/mol. The first-order chi connectivity index (χ1) is 4.22. The van der Waals surface area contributed by atoms with E-state index >= 15 is 0 Å². The summed E-state index contributed by atoms with van der Waals surface area (Å²) in [6.07, 6.45) is 1.50. The lowest BCUT2D eigenvalue weighted by molar-refractivity contribution is 1.21. The maximum atomic E-state index is 5.30. The smallest absolute Gasteiger partial charge is 0.147 e. The molecule has 50 valence electrons. The third kappa shape index (κ3) is 2.54. The number of nitrogens with zero attached hydrogens (tertiary/aromatic N) is 1. The third-order valence-corrected chi connectivity index (χ3v) is 0.767. The summed E-state index contributed by atoms with van der Waals surface area (Å²) in [6.45, 7) is 6.92. The van der Waals surface area contributed by atoms with E-state index in [1.54, 1.807) is 7.05 Å². The number of amidine groups is 1. The van der Waals surface area contributed by atoms with Crippen LogP contribution in [-0.4, -0.2) is 12.9 Å². The number of hydrogen-bond donors (Lipinski definition) is 2.